The van der Waals surface area contributed by atoms with E-state index in [2.05, 4.69) is 41.7 Å². The van der Waals surface area contributed by atoms with Gasteiger partial charge in [0, 0.05) is 49.8 Å². The number of nitrogens with one attached hydrogen (secondary N) is 1. The van der Waals surface area contributed by atoms with Crippen LogP contribution in [0.15, 0.2) is 23.1 Å². The van der Waals surface area contributed by atoms with Crippen LogP contribution < -0.4 is 9.62 Å². The number of piperazine rings is 1. The van der Waals surface area contributed by atoms with Crippen LogP contribution in [-0.4, -0.2) is 69.1 Å². The van der Waals surface area contributed by atoms with Gasteiger partial charge >= 0.3 is 5.97 Å². The monoisotopic (exact) mass is 504 g/mol. The second-order valence-corrected chi connectivity index (χ2v) is 10.5. The summed E-state index contributed by atoms with van der Waals surface area (Å²) < 4.78 is 35.8. The van der Waals surface area contributed by atoms with Crippen LogP contribution in [0.25, 0.3) is 0 Å². The van der Waals surface area contributed by atoms with Crippen molar-refractivity contribution in [1.29, 1.82) is 0 Å². The van der Waals surface area contributed by atoms with E-state index in [9.17, 15) is 18.0 Å². The van der Waals surface area contributed by atoms with Gasteiger partial charge in [-0.3, -0.25) is 4.79 Å². The number of carbonyl (C=O) groups excluding carboxylic acids is 2. The number of hydrogen-bond donors (Lipinski definition) is 1. The fraction of sp³-hybridized carbons (Fsp3) is 0.520. The first-order valence-electron chi connectivity index (χ1n) is 12.0. The van der Waals surface area contributed by atoms with Gasteiger partial charge in [-0.25, -0.2) is 17.9 Å². The average molecular weight is 505 g/mol. The minimum atomic E-state index is -4.12. The number of aryl methyl sites for hydroxylation is 2. The lowest BCUT2D eigenvalue weighted by molar-refractivity contribution is -0.130. The summed E-state index contributed by atoms with van der Waals surface area (Å²) in [6.45, 7) is 13.6. The molecule has 9 nitrogen and oxygen atoms in total. The molecule has 192 valence electrons. The van der Waals surface area contributed by atoms with Crippen molar-refractivity contribution < 1.29 is 22.7 Å². The number of anilines is 1. The Morgan fingerprint density at radius 1 is 1.00 bits per heavy atom. The van der Waals surface area contributed by atoms with Gasteiger partial charge in [0.25, 0.3) is 0 Å². The van der Waals surface area contributed by atoms with E-state index in [0.29, 0.717) is 44.1 Å². The fourth-order valence-electron chi connectivity index (χ4n) is 4.70. The smallest absolute Gasteiger partial charge is 0.341 e. The molecule has 0 bridgehead atoms. The van der Waals surface area contributed by atoms with Crippen molar-refractivity contribution >= 4 is 27.6 Å². The molecule has 1 aliphatic rings. The minimum Gasteiger partial charge on any atom is -0.462 e. The first kappa shape index (κ1) is 26.7. The molecule has 0 unspecified atom stereocenters. The van der Waals surface area contributed by atoms with E-state index in [1.54, 1.807) is 30.2 Å². The summed E-state index contributed by atoms with van der Waals surface area (Å²) in [4.78, 5) is 29.2. The molecule has 1 aliphatic heterocycles. The van der Waals surface area contributed by atoms with E-state index >= 15 is 0 Å². The molecule has 3 rings (SSSR count). The largest absolute Gasteiger partial charge is 0.462 e. The highest BCUT2D eigenvalue weighted by Gasteiger charge is 2.33. The van der Waals surface area contributed by atoms with E-state index in [0.717, 1.165) is 5.69 Å². The van der Waals surface area contributed by atoms with Gasteiger partial charge in [-0.15, -0.1) is 0 Å². The Kier molecular flexibility index (Phi) is 8.27. The predicted molar refractivity (Wildman–Crippen MR) is 135 cm³/mol. The summed E-state index contributed by atoms with van der Waals surface area (Å²) in [5.74, 6) is -0.981. The molecule has 35 heavy (non-hydrogen) atoms. The van der Waals surface area contributed by atoms with Gasteiger partial charge in [-0.1, -0.05) is 12.1 Å². The molecule has 0 aliphatic carbocycles. The number of esters is 1. The maximum atomic E-state index is 13.2. The molecular formula is C25H36N4O5S. The van der Waals surface area contributed by atoms with E-state index < -0.39 is 16.0 Å². The third-order valence-electron chi connectivity index (χ3n) is 6.54. The van der Waals surface area contributed by atoms with Crippen LogP contribution >= 0.6 is 0 Å². The Morgan fingerprint density at radius 2 is 1.66 bits per heavy atom. The van der Waals surface area contributed by atoms with Gasteiger partial charge in [0.05, 0.1) is 13.2 Å². The van der Waals surface area contributed by atoms with Crippen molar-refractivity contribution in [1.82, 2.24) is 14.2 Å². The highest BCUT2D eigenvalue weighted by molar-refractivity contribution is 7.89. The number of hydrogen-bond acceptors (Lipinski definition) is 6. The Bertz CT molecular complexity index is 1210. The van der Waals surface area contributed by atoms with Gasteiger partial charge in [0.15, 0.2) is 0 Å². The predicted octanol–water partition coefficient (Wildman–Crippen LogP) is 2.55. The maximum Gasteiger partial charge on any atom is 0.341 e. The van der Waals surface area contributed by atoms with Crippen LogP contribution in [0, 0.1) is 27.7 Å². The molecule has 0 spiro atoms. The van der Waals surface area contributed by atoms with Crippen molar-refractivity contribution in [2.75, 3.05) is 44.2 Å². The quantitative estimate of drug-likeness (QED) is 0.555. The number of sulfonamides is 1. The molecule has 0 atom stereocenters. The summed E-state index contributed by atoms with van der Waals surface area (Å²) in [6, 6.07) is 6.32. The third-order valence-corrected chi connectivity index (χ3v) is 8.10. The van der Waals surface area contributed by atoms with Gasteiger partial charge in [0.2, 0.25) is 15.9 Å². The zero-order valence-electron chi connectivity index (χ0n) is 21.5. The molecule has 1 N–H and O–H groups in total. The summed E-state index contributed by atoms with van der Waals surface area (Å²) >= 11 is 0. The lowest BCUT2D eigenvalue weighted by Crippen LogP contribution is -2.51. The zero-order valence-corrected chi connectivity index (χ0v) is 22.3. The summed E-state index contributed by atoms with van der Waals surface area (Å²) in [5.41, 5.74) is 4.52. The molecule has 0 radical (unpaired) electrons. The average Bonchev–Trinajstić information content (AvgIpc) is 3.09. The molecule has 1 saturated heterocycles. The van der Waals surface area contributed by atoms with Crippen LogP contribution in [0.5, 0.6) is 0 Å². The highest BCUT2D eigenvalue weighted by Crippen LogP contribution is 2.28. The van der Waals surface area contributed by atoms with Crippen LogP contribution in [0.1, 0.15) is 46.7 Å². The van der Waals surface area contributed by atoms with Gasteiger partial charge in [-0.2, -0.15) is 0 Å². The van der Waals surface area contributed by atoms with Crippen molar-refractivity contribution in [3.63, 3.8) is 0 Å². The molecular weight excluding hydrogens is 468 g/mol. The molecule has 1 amide bonds. The Labute approximate surface area is 208 Å². The molecule has 1 aromatic carbocycles. The van der Waals surface area contributed by atoms with Crippen LogP contribution in [0.2, 0.25) is 0 Å². The van der Waals surface area contributed by atoms with Crippen molar-refractivity contribution in [2.24, 2.45) is 0 Å². The zero-order chi connectivity index (χ0) is 25.9. The maximum absolute atomic E-state index is 13.2. The molecule has 2 aromatic rings. The molecule has 0 saturated carbocycles. The van der Waals surface area contributed by atoms with E-state index in [4.69, 9.17) is 4.74 Å². The van der Waals surface area contributed by atoms with E-state index in [-0.39, 0.29) is 29.5 Å². The highest BCUT2D eigenvalue weighted by atomic mass is 32.2. The molecule has 1 aromatic heterocycles. The van der Waals surface area contributed by atoms with Crippen molar-refractivity contribution in [3.8, 4) is 0 Å². The molecule has 2 heterocycles. The fourth-order valence-corrected chi connectivity index (χ4v) is 6.16. The van der Waals surface area contributed by atoms with Crippen LogP contribution in [-0.2, 0) is 26.1 Å². The first-order chi connectivity index (χ1) is 16.5. The second-order valence-electron chi connectivity index (χ2n) is 8.82. The number of ether oxygens (including phenoxy) is 1. The number of amides is 1. The number of aromatic nitrogens is 1. The molecule has 10 heteroatoms. The van der Waals surface area contributed by atoms with Crippen LogP contribution in [0.3, 0.4) is 0 Å². The van der Waals surface area contributed by atoms with Crippen LogP contribution in [0.4, 0.5) is 5.69 Å². The van der Waals surface area contributed by atoms with Crippen molar-refractivity contribution in [2.45, 2.75) is 53.0 Å². The van der Waals surface area contributed by atoms with Gasteiger partial charge in [0.1, 0.15) is 10.5 Å². The Hall–Kier alpha value is -2.85. The summed E-state index contributed by atoms with van der Waals surface area (Å²) in [6.07, 6.45) is 0. The minimum absolute atomic E-state index is 0.0216. The topological polar surface area (TPSA) is 101 Å². The molecule has 1 fully saturated rings. The van der Waals surface area contributed by atoms with E-state index in [1.165, 1.54) is 11.1 Å². The SMILES string of the molecule is CCOC(=O)c1c(S(=O)(=O)NCC(=O)N2CCN(c3cc(C)ccc3C)CC2)c(C)n(CC)c1C. The second kappa shape index (κ2) is 10.8. The van der Waals surface area contributed by atoms with Gasteiger partial charge in [-0.05, 0) is 58.7 Å². The number of nitrogens with zero attached hydrogens (tertiary/aromatic N) is 3. The number of rotatable bonds is 8. The Balaban J connectivity index is 1.71. The Morgan fingerprint density at radius 3 is 2.26 bits per heavy atom. The normalized spacial score (nSPS) is 14.3. The first-order valence-corrected chi connectivity index (χ1v) is 13.5. The summed E-state index contributed by atoms with van der Waals surface area (Å²) in [7, 11) is -4.12. The lowest BCUT2D eigenvalue weighted by atomic mass is 10.1. The van der Waals surface area contributed by atoms with Crippen molar-refractivity contribution in [3.05, 3.63) is 46.3 Å². The standard InChI is InChI=1S/C25H36N4O5S/c1-7-29-19(5)23(25(31)34-8-2)24(20(29)6)35(32,33)26-16-22(30)28-13-11-27(12-14-28)21-15-17(3)9-10-18(21)4/h9-10,15,26H,7-8,11-14,16H2,1-6H3. The summed E-state index contributed by atoms with van der Waals surface area (Å²) in [5, 5.41) is 0. The van der Waals surface area contributed by atoms with Gasteiger partial charge < -0.3 is 19.1 Å². The number of carbonyl (C=O) groups is 2. The van der Waals surface area contributed by atoms with E-state index in [1.807, 2.05) is 6.92 Å². The lowest BCUT2D eigenvalue weighted by Gasteiger charge is -2.37. The third kappa shape index (κ3) is 5.54. The number of benzene rings is 1.